The first-order valence-electron chi connectivity index (χ1n) is 6.83. The first-order chi connectivity index (χ1) is 10.3. The highest BCUT2D eigenvalue weighted by molar-refractivity contribution is 7.12. The Hall–Kier alpha value is -2.38. The van der Waals surface area contributed by atoms with Crippen molar-refractivity contribution in [3.63, 3.8) is 0 Å². The molecular weight excluding hydrogens is 280 g/mol. The summed E-state index contributed by atoms with van der Waals surface area (Å²) in [6.45, 7) is 0.787. The lowest BCUT2D eigenvalue weighted by molar-refractivity contribution is 0.0982. The van der Waals surface area contributed by atoms with Gasteiger partial charge in [-0.15, -0.1) is 11.3 Å². The van der Waals surface area contributed by atoms with Gasteiger partial charge in [0.05, 0.1) is 16.5 Å². The summed E-state index contributed by atoms with van der Waals surface area (Å²) < 4.78 is 2.11. The first kappa shape index (κ1) is 13.6. The number of hydrogen-bond donors (Lipinski definition) is 0. The Morgan fingerprint density at radius 2 is 2.19 bits per heavy atom. The van der Waals surface area contributed by atoms with Crippen LogP contribution in [-0.4, -0.2) is 10.4 Å². The molecule has 0 aliphatic carbocycles. The van der Waals surface area contributed by atoms with Crippen LogP contribution in [0.2, 0.25) is 0 Å². The Balaban J connectivity index is 1.68. The third-order valence-electron chi connectivity index (χ3n) is 3.50. The van der Waals surface area contributed by atoms with Crippen molar-refractivity contribution in [1.29, 1.82) is 5.26 Å². The highest BCUT2D eigenvalue weighted by atomic mass is 32.1. The number of carbonyl (C=O) groups is 1. The van der Waals surface area contributed by atoms with E-state index in [-0.39, 0.29) is 5.78 Å². The van der Waals surface area contributed by atoms with Gasteiger partial charge in [-0.2, -0.15) is 5.26 Å². The van der Waals surface area contributed by atoms with E-state index in [1.54, 1.807) is 0 Å². The summed E-state index contributed by atoms with van der Waals surface area (Å²) in [4.78, 5) is 12.8. The summed E-state index contributed by atoms with van der Waals surface area (Å²) >= 11 is 1.49. The van der Waals surface area contributed by atoms with Crippen LogP contribution >= 0.6 is 11.3 Å². The van der Waals surface area contributed by atoms with E-state index in [2.05, 4.69) is 10.6 Å². The van der Waals surface area contributed by atoms with Gasteiger partial charge in [-0.1, -0.05) is 12.1 Å². The van der Waals surface area contributed by atoms with Gasteiger partial charge in [0.25, 0.3) is 0 Å². The number of Topliss-reactive ketones (excluding diaryl/α,β-unsaturated/α-hetero) is 1. The van der Waals surface area contributed by atoms with Gasteiger partial charge in [0.1, 0.15) is 0 Å². The summed E-state index contributed by atoms with van der Waals surface area (Å²) in [5.41, 5.74) is 1.72. The maximum Gasteiger partial charge on any atom is 0.172 e. The quantitative estimate of drug-likeness (QED) is 0.661. The van der Waals surface area contributed by atoms with Crippen LogP contribution in [0.3, 0.4) is 0 Å². The van der Waals surface area contributed by atoms with E-state index < -0.39 is 0 Å². The Kier molecular flexibility index (Phi) is 3.85. The lowest BCUT2D eigenvalue weighted by Crippen LogP contribution is -2.01. The van der Waals surface area contributed by atoms with E-state index in [0.29, 0.717) is 12.0 Å². The molecule has 3 nitrogen and oxygen atoms in total. The van der Waals surface area contributed by atoms with Gasteiger partial charge in [0.15, 0.2) is 5.78 Å². The fourth-order valence-electron chi connectivity index (χ4n) is 2.42. The minimum absolute atomic E-state index is 0.208. The normalized spacial score (nSPS) is 10.6. The molecule has 0 saturated carbocycles. The van der Waals surface area contributed by atoms with Crippen molar-refractivity contribution < 1.29 is 4.79 Å². The molecule has 0 aliphatic rings. The van der Waals surface area contributed by atoms with Crippen LogP contribution in [-0.2, 0) is 6.54 Å². The molecule has 2 heterocycles. The molecule has 0 aliphatic heterocycles. The van der Waals surface area contributed by atoms with Crippen molar-refractivity contribution in [3.8, 4) is 6.07 Å². The van der Waals surface area contributed by atoms with Crippen molar-refractivity contribution in [2.45, 2.75) is 19.4 Å². The molecule has 3 aromatic rings. The Morgan fingerprint density at radius 3 is 2.95 bits per heavy atom. The highest BCUT2D eigenvalue weighted by Crippen LogP contribution is 2.19. The molecule has 0 N–H and O–H groups in total. The molecule has 104 valence electrons. The zero-order valence-electron chi connectivity index (χ0n) is 11.5. The molecule has 0 fully saturated rings. The molecule has 21 heavy (non-hydrogen) atoms. The van der Waals surface area contributed by atoms with E-state index in [0.717, 1.165) is 28.7 Å². The van der Waals surface area contributed by atoms with E-state index in [1.165, 1.54) is 11.3 Å². The number of ketones is 1. The van der Waals surface area contributed by atoms with Crippen LogP contribution in [0.5, 0.6) is 0 Å². The minimum Gasteiger partial charge on any atom is -0.347 e. The number of carbonyl (C=O) groups excluding carboxylic acids is 1. The van der Waals surface area contributed by atoms with Gasteiger partial charge in [0.2, 0.25) is 0 Å². The number of nitriles is 1. The molecule has 4 heteroatoms. The average Bonchev–Trinajstić information content (AvgIpc) is 3.16. The second kappa shape index (κ2) is 5.94. The van der Waals surface area contributed by atoms with Crippen molar-refractivity contribution >= 4 is 28.0 Å². The van der Waals surface area contributed by atoms with Gasteiger partial charge >= 0.3 is 0 Å². The van der Waals surface area contributed by atoms with Crippen molar-refractivity contribution in [1.82, 2.24) is 4.57 Å². The summed E-state index contributed by atoms with van der Waals surface area (Å²) in [6, 6.07) is 13.7. The third kappa shape index (κ3) is 2.88. The van der Waals surface area contributed by atoms with Crippen LogP contribution in [0.1, 0.15) is 28.1 Å². The molecule has 0 atom stereocenters. The van der Waals surface area contributed by atoms with Gasteiger partial charge in [-0.25, -0.2) is 0 Å². The predicted molar refractivity (Wildman–Crippen MR) is 84.5 cm³/mol. The average molecular weight is 294 g/mol. The first-order valence-corrected chi connectivity index (χ1v) is 7.71. The SMILES string of the molecule is N#Cc1ccc2ccn(CCCC(=O)c3cccs3)c2c1. The number of aromatic nitrogens is 1. The maximum atomic E-state index is 12.0. The number of aryl methyl sites for hydroxylation is 1. The van der Waals surface area contributed by atoms with E-state index in [9.17, 15) is 4.79 Å². The number of fused-ring (bicyclic) bond motifs is 1. The second-order valence-electron chi connectivity index (χ2n) is 4.90. The van der Waals surface area contributed by atoms with Crippen LogP contribution < -0.4 is 0 Å². The van der Waals surface area contributed by atoms with Crippen molar-refractivity contribution in [2.75, 3.05) is 0 Å². The monoisotopic (exact) mass is 294 g/mol. The van der Waals surface area contributed by atoms with Crippen LogP contribution in [0.25, 0.3) is 10.9 Å². The Morgan fingerprint density at radius 1 is 1.29 bits per heavy atom. The summed E-state index contributed by atoms with van der Waals surface area (Å²) in [6.07, 6.45) is 3.37. The fraction of sp³-hybridized carbons (Fsp3) is 0.176. The molecule has 0 bridgehead atoms. The molecule has 1 aromatic carbocycles. The molecule has 2 aromatic heterocycles. The molecule has 0 spiro atoms. The molecule has 3 rings (SSSR count). The van der Waals surface area contributed by atoms with Gasteiger partial charge in [0, 0.05) is 24.7 Å². The van der Waals surface area contributed by atoms with E-state index >= 15 is 0 Å². The molecule has 0 amide bonds. The van der Waals surface area contributed by atoms with Gasteiger partial charge < -0.3 is 4.57 Å². The Bertz CT molecular complexity index is 809. The zero-order chi connectivity index (χ0) is 14.7. The lowest BCUT2D eigenvalue weighted by Gasteiger charge is -2.05. The topological polar surface area (TPSA) is 45.8 Å². The number of nitrogens with zero attached hydrogens (tertiary/aromatic N) is 2. The predicted octanol–water partition coefficient (Wildman–Crippen LogP) is 4.24. The molecule has 0 unspecified atom stereocenters. The second-order valence-corrected chi connectivity index (χ2v) is 5.85. The number of benzene rings is 1. The smallest absolute Gasteiger partial charge is 0.172 e. The zero-order valence-corrected chi connectivity index (χ0v) is 12.3. The lowest BCUT2D eigenvalue weighted by atomic mass is 10.1. The Labute approximate surface area is 127 Å². The molecular formula is C17H14N2OS. The number of hydrogen-bond acceptors (Lipinski definition) is 3. The standard InChI is InChI=1S/C17H14N2OS/c18-12-13-5-6-14-7-9-19(15(14)11-13)8-1-3-16(20)17-4-2-10-21-17/h2,4-7,9-11H,1,3,8H2. The fourth-order valence-corrected chi connectivity index (χ4v) is 3.11. The number of thiophene rings is 1. The van der Waals surface area contributed by atoms with E-state index in [4.69, 9.17) is 5.26 Å². The number of rotatable bonds is 5. The third-order valence-corrected chi connectivity index (χ3v) is 4.41. The summed E-state index contributed by atoms with van der Waals surface area (Å²) in [7, 11) is 0. The minimum atomic E-state index is 0.208. The van der Waals surface area contributed by atoms with Crippen molar-refractivity contribution in [2.24, 2.45) is 0 Å². The van der Waals surface area contributed by atoms with Gasteiger partial charge in [-0.3, -0.25) is 4.79 Å². The summed E-state index contributed by atoms with van der Waals surface area (Å²) in [5.74, 6) is 0.208. The van der Waals surface area contributed by atoms with Crippen LogP contribution in [0, 0.1) is 11.3 Å². The maximum absolute atomic E-state index is 12.0. The van der Waals surface area contributed by atoms with Crippen LogP contribution in [0.15, 0.2) is 48.0 Å². The summed E-state index contributed by atoms with van der Waals surface area (Å²) in [5, 5.41) is 12.0. The molecule has 0 saturated heterocycles. The molecule has 0 radical (unpaired) electrons. The van der Waals surface area contributed by atoms with Crippen LogP contribution in [0.4, 0.5) is 0 Å². The van der Waals surface area contributed by atoms with Crippen molar-refractivity contribution in [3.05, 3.63) is 58.4 Å². The van der Waals surface area contributed by atoms with E-state index in [1.807, 2.05) is 48.0 Å². The van der Waals surface area contributed by atoms with Gasteiger partial charge in [-0.05, 0) is 41.5 Å². The highest BCUT2D eigenvalue weighted by Gasteiger charge is 2.07. The largest absolute Gasteiger partial charge is 0.347 e.